The van der Waals surface area contributed by atoms with Gasteiger partial charge in [-0.3, -0.25) is 0 Å². The summed E-state index contributed by atoms with van der Waals surface area (Å²) in [4.78, 5) is 8.61. The molecule has 1 saturated heterocycles. The average Bonchev–Trinajstić information content (AvgIpc) is 2.71. The van der Waals surface area contributed by atoms with Crippen LogP contribution in [0.4, 0.5) is 5.82 Å². The van der Waals surface area contributed by atoms with E-state index in [4.69, 9.17) is 4.74 Å². The summed E-state index contributed by atoms with van der Waals surface area (Å²) >= 11 is 0. The molecule has 1 aromatic rings. The molecule has 1 aliphatic rings. The highest BCUT2D eigenvalue weighted by molar-refractivity contribution is 5.32. The van der Waals surface area contributed by atoms with Gasteiger partial charge in [-0.25, -0.2) is 9.97 Å². The van der Waals surface area contributed by atoms with E-state index in [1.165, 1.54) is 0 Å². The first-order valence-corrected chi connectivity index (χ1v) is 4.48. The van der Waals surface area contributed by atoms with E-state index in [0.29, 0.717) is 5.92 Å². The van der Waals surface area contributed by atoms with Crippen LogP contribution in [0.2, 0.25) is 0 Å². The van der Waals surface area contributed by atoms with Gasteiger partial charge in [-0.1, -0.05) is 0 Å². The molecule has 0 saturated carbocycles. The molecule has 0 bridgehead atoms. The van der Waals surface area contributed by atoms with E-state index in [-0.39, 0.29) is 0 Å². The van der Waals surface area contributed by atoms with E-state index in [9.17, 15) is 0 Å². The third-order valence-corrected chi connectivity index (χ3v) is 2.23. The predicted octanol–water partition coefficient (Wildman–Crippen LogP) is 1.02. The molecule has 0 aliphatic carbocycles. The molecule has 1 atom stereocenters. The number of nitrogens with one attached hydrogen (secondary N) is 1. The van der Waals surface area contributed by atoms with E-state index >= 15 is 0 Å². The molecule has 1 aliphatic heterocycles. The van der Waals surface area contributed by atoms with Gasteiger partial charge in [0.15, 0.2) is 0 Å². The maximum absolute atomic E-state index is 5.28. The molecule has 4 heteroatoms. The number of rotatable bonds is 2. The van der Waals surface area contributed by atoms with E-state index in [0.717, 1.165) is 31.3 Å². The number of hydrogen-bond acceptors (Lipinski definition) is 4. The Hall–Kier alpha value is -1.16. The predicted molar refractivity (Wildman–Crippen MR) is 49.8 cm³/mol. The van der Waals surface area contributed by atoms with Crippen molar-refractivity contribution in [2.75, 3.05) is 25.6 Å². The van der Waals surface area contributed by atoms with Crippen molar-refractivity contribution in [2.45, 2.75) is 12.3 Å². The van der Waals surface area contributed by atoms with Crippen LogP contribution in [-0.2, 0) is 4.74 Å². The SMILES string of the molecule is CNc1ccnc(C2CCOC2)n1. The van der Waals surface area contributed by atoms with Gasteiger partial charge in [-0.2, -0.15) is 0 Å². The lowest BCUT2D eigenvalue weighted by molar-refractivity contribution is 0.193. The molecular weight excluding hydrogens is 166 g/mol. The number of nitrogens with zero attached hydrogens (tertiary/aromatic N) is 2. The second kappa shape index (κ2) is 3.70. The summed E-state index contributed by atoms with van der Waals surface area (Å²) in [5, 5.41) is 3.00. The molecular formula is C9H13N3O. The van der Waals surface area contributed by atoms with Crippen LogP contribution in [0.25, 0.3) is 0 Å². The van der Waals surface area contributed by atoms with Crippen molar-refractivity contribution in [3.63, 3.8) is 0 Å². The Labute approximate surface area is 77.4 Å². The number of hydrogen-bond donors (Lipinski definition) is 1. The highest BCUT2D eigenvalue weighted by Crippen LogP contribution is 2.22. The normalized spacial score (nSPS) is 21.8. The van der Waals surface area contributed by atoms with E-state index in [1.807, 2.05) is 13.1 Å². The van der Waals surface area contributed by atoms with Crippen molar-refractivity contribution >= 4 is 5.82 Å². The number of anilines is 1. The zero-order valence-electron chi connectivity index (χ0n) is 7.66. The van der Waals surface area contributed by atoms with Gasteiger partial charge in [0, 0.05) is 25.8 Å². The van der Waals surface area contributed by atoms with Crippen molar-refractivity contribution in [3.05, 3.63) is 18.1 Å². The molecule has 0 amide bonds. The lowest BCUT2D eigenvalue weighted by Gasteiger charge is -2.06. The van der Waals surface area contributed by atoms with Crippen LogP contribution in [0, 0.1) is 0 Å². The van der Waals surface area contributed by atoms with Gasteiger partial charge in [-0.15, -0.1) is 0 Å². The van der Waals surface area contributed by atoms with Gasteiger partial charge < -0.3 is 10.1 Å². The molecule has 70 valence electrons. The first-order valence-electron chi connectivity index (χ1n) is 4.48. The molecule has 0 radical (unpaired) electrons. The Morgan fingerprint density at radius 3 is 3.23 bits per heavy atom. The van der Waals surface area contributed by atoms with Crippen molar-refractivity contribution in [1.82, 2.24) is 9.97 Å². The third kappa shape index (κ3) is 1.78. The first kappa shape index (κ1) is 8.44. The fraction of sp³-hybridized carbons (Fsp3) is 0.556. The topological polar surface area (TPSA) is 47.0 Å². The highest BCUT2D eigenvalue weighted by Gasteiger charge is 2.20. The number of ether oxygens (including phenoxy) is 1. The van der Waals surface area contributed by atoms with Crippen LogP contribution >= 0.6 is 0 Å². The molecule has 0 spiro atoms. The van der Waals surface area contributed by atoms with Gasteiger partial charge in [-0.05, 0) is 12.5 Å². The smallest absolute Gasteiger partial charge is 0.136 e. The van der Waals surface area contributed by atoms with Crippen LogP contribution in [0.1, 0.15) is 18.2 Å². The van der Waals surface area contributed by atoms with Crippen molar-refractivity contribution in [2.24, 2.45) is 0 Å². The van der Waals surface area contributed by atoms with Crippen molar-refractivity contribution in [3.8, 4) is 0 Å². The molecule has 1 unspecified atom stereocenters. The highest BCUT2D eigenvalue weighted by atomic mass is 16.5. The summed E-state index contributed by atoms with van der Waals surface area (Å²) in [5.41, 5.74) is 0. The van der Waals surface area contributed by atoms with E-state index < -0.39 is 0 Å². The molecule has 1 aromatic heterocycles. The van der Waals surface area contributed by atoms with Crippen molar-refractivity contribution in [1.29, 1.82) is 0 Å². The lowest BCUT2D eigenvalue weighted by Crippen LogP contribution is -2.05. The quantitative estimate of drug-likeness (QED) is 0.736. The zero-order valence-corrected chi connectivity index (χ0v) is 7.66. The summed E-state index contributed by atoms with van der Waals surface area (Å²) in [6, 6.07) is 1.86. The van der Waals surface area contributed by atoms with Gasteiger partial charge in [0.1, 0.15) is 11.6 Å². The van der Waals surface area contributed by atoms with E-state index in [1.54, 1.807) is 6.20 Å². The first-order chi connectivity index (χ1) is 6.40. The minimum atomic E-state index is 0.383. The minimum Gasteiger partial charge on any atom is -0.381 e. The third-order valence-electron chi connectivity index (χ3n) is 2.23. The second-order valence-electron chi connectivity index (χ2n) is 3.11. The lowest BCUT2D eigenvalue weighted by atomic mass is 10.1. The van der Waals surface area contributed by atoms with Gasteiger partial charge in [0.25, 0.3) is 0 Å². The van der Waals surface area contributed by atoms with Gasteiger partial charge in [0.05, 0.1) is 6.61 Å². The Morgan fingerprint density at radius 1 is 1.62 bits per heavy atom. The number of aromatic nitrogens is 2. The fourth-order valence-corrected chi connectivity index (χ4v) is 1.45. The van der Waals surface area contributed by atoms with E-state index in [2.05, 4.69) is 15.3 Å². The summed E-state index contributed by atoms with van der Waals surface area (Å²) in [7, 11) is 1.86. The Balaban J connectivity index is 2.18. The second-order valence-corrected chi connectivity index (χ2v) is 3.11. The Kier molecular flexibility index (Phi) is 2.40. The van der Waals surface area contributed by atoms with Crippen LogP contribution in [0.5, 0.6) is 0 Å². The summed E-state index contributed by atoms with van der Waals surface area (Å²) in [6.07, 6.45) is 2.82. The fourth-order valence-electron chi connectivity index (χ4n) is 1.45. The molecule has 0 aromatic carbocycles. The Bertz CT molecular complexity index is 284. The maximum atomic E-state index is 5.28. The van der Waals surface area contributed by atoms with Crippen LogP contribution in [-0.4, -0.2) is 30.2 Å². The largest absolute Gasteiger partial charge is 0.381 e. The molecule has 1 N–H and O–H groups in total. The van der Waals surface area contributed by atoms with Gasteiger partial charge >= 0.3 is 0 Å². The average molecular weight is 179 g/mol. The maximum Gasteiger partial charge on any atom is 0.136 e. The summed E-state index contributed by atoms with van der Waals surface area (Å²) < 4.78 is 5.28. The van der Waals surface area contributed by atoms with Crippen LogP contribution in [0.15, 0.2) is 12.3 Å². The molecule has 1 fully saturated rings. The van der Waals surface area contributed by atoms with Crippen LogP contribution < -0.4 is 5.32 Å². The Morgan fingerprint density at radius 2 is 2.54 bits per heavy atom. The van der Waals surface area contributed by atoms with Gasteiger partial charge in [0.2, 0.25) is 0 Å². The molecule has 2 rings (SSSR count). The monoisotopic (exact) mass is 179 g/mol. The molecule has 2 heterocycles. The summed E-state index contributed by atoms with van der Waals surface area (Å²) in [6.45, 7) is 1.59. The zero-order chi connectivity index (χ0) is 9.10. The minimum absolute atomic E-state index is 0.383. The van der Waals surface area contributed by atoms with Crippen LogP contribution in [0.3, 0.4) is 0 Å². The standard InChI is InChI=1S/C9H13N3O/c1-10-8-2-4-11-9(12-8)7-3-5-13-6-7/h2,4,7H,3,5-6H2,1H3,(H,10,11,12). The molecule has 13 heavy (non-hydrogen) atoms. The van der Waals surface area contributed by atoms with Crippen molar-refractivity contribution < 1.29 is 4.74 Å². The summed E-state index contributed by atoms with van der Waals surface area (Å²) in [5.74, 6) is 2.15. The molecule has 4 nitrogen and oxygen atoms in total.